The number of aliphatic hydroxyl groups excluding tert-OH is 1. The molecule has 1 aliphatic heterocycles. The summed E-state index contributed by atoms with van der Waals surface area (Å²) in [7, 11) is 0. The number of aliphatic carboxylic acids is 1. The summed E-state index contributed by atoms with van der Waals surface area (Å²) in [5.74, 6) is -0.0119. The highest BCUT2D eigenvalue weighted by molar-refractivity contribution is 7.99. The van der Waals surface area contributed by atoms with Gasteiger partial charge >= 0.3 is 12.0 Å². The standard InChI is InChI=1S/C11H20N2O4S/c14-5-4-9(10(15)16)13-11(17)12-7-8-3-1-2-6-18-8/h8-9,14H,1-7H2,(H,15,16)(H2,12,13,17)/t8?,9-/m1/s1. The van der Waals surface area contributed by atoms with Crippen LogP contribution in [-0.4, -0.2) is 52.4 Å². The van der Waals surface area contributed by atoms with Gasteiger partial charge in [-0.25, -0.2) is 9.59 Å². The molecule has 2 amide bonds. The van der Waals surface area contributed by atoms with Gasteiger partial charge in [0.1, 0.15) is 6.04 Å². The van der Waals surface area contributed by atoms with Crippen LogP contribution in [0.2, 0.25) is 0 Å². The van der Waals surface area contributed by atoms with Crippen molar-refractivity contribution in [1.29, 1.82) is 0 Å². The van der Waals surface area contributed by atoms with Gasteiger partial charge in [-0.3, -0.25) is 0 Å². The van der Waals surface area contributed by atoms with E-state index in [9.17, 15) is 9.59 Å². The molecule has 18 heavy (non-hydrogen) atoms. The number of rotatable bonds is 6. The van der Waals surface area contributed by atoms with Crippen LogP contribution in [0, 0.1) is 0 Å². The molecule has 1 unspecified atom stereocenters. The monoisotopic (exact) mass is 276 g/mol. The SMILES string of the molecule is O=C(NCC1CCCCS1)N[C@H](CCO)C(=O)O. The number of carboxylic acid groups (broad SMARTS) is 1. The van der Waals surface area contributed by atoms with Crippen LogP contribution >= 0.6 is 11.8 Å². The lowest BCUT2D eigenvalue weighted by Crippen LogP contribution is -2.47. The van der Waals surface area contributed by atoms with Gasteiger partial charge in [0.2, 0.25) is 0 Å². The molecular formula is C11H20N2O4S. The zero-order valence-electron chi connectivity index (χ0n) is 10.2. The summed E-state index contributed by atoms with van der Waals surface area (Å²) in [5.41, 5.74) is 0. The Hall–Kier alpha value is -0.950. The predicted molar refractivity (Wildman–Crippen MR) is 69.8 cm³/mol. The number of carbonyl (C=O) groups is 2. The molecule has 104 valence electrons. The third-order valence-corrected chi connectivity index (χ3v) is 4.18. The molecule has 0 aromatic carbocycles. The quantitative estimate of drug-likeness (QED) is 0.563. The molecule has 1 fully saturated rings. The molecule has 6 nitrogen and oxygen atoms in total. The van der Waals surface area contributed by atoms with Gasteiger partial charge in [-0.1, -0.05) is 6.42 Å². The van der Waals surface area contributed by atoms with Crippen LogP contribution in [0.15, 0.2) is 0 Å². The molecule has 0 bridgehead atoms. The summed E-state index contributed by atoms with van der Waals surface area (Å²) in [6.45, 7) is 0.289. The Labute approximate surface area is 111 Å². The number of carboxylic acids is 1. The van der Waals surface area contributed by atoms with Gasteiger partial charge in [-0.2, -0.15) is 11.8 Å². The van der Waals surface area contributed by atoms with Gasteiger partial charge in [-0.05, 0) is 18.6 Å². The van der Waals surface area contributed by atoms with Gasteiger partial charge in [0.15, 0.2) is 0 Å². The molecule has 1 aliphatic rings. The molecule has 1 saturated heterocycles. The Bertz CT molecular complexity index is 282. The molecule has 0 aromatic heterocycles. The summed E-state index contributed by atoms with van der Waals surface area (Å²) in [4.78, 5) is 22.3. The number of thioether (sulfide) groups is 1. The molecule has 0 spiro atoms. The van der Waals surface area contributed by atoms with Gasteiger partial charge in [0, 0.05) is 24.8 Å². The first-order chi connectivity index (χ1) is 8.63. The average Bonchev–Trinajstić information content (AvgIpc) is 2.37. The van der Waals surface area contributed by atoms with Crippen LogP contribution in [0.5, 0.6) is 0 Å². The topological polar surface area (TPSA) is 98.7 Å². The largest absolute Gasteiger partial charge is 0.480 e. The minimum absolute atomic E-state index is 0.0148. The van der Waals surface area contributed by atoms with Crippen molar-refractivity contribution in [2.24, 2.45) is 0 Å². The van der Waals surface area contributed by atoms with Crippen molar-refractivity contribution < 1.29 is 19.8 Å². The van der Waals surface area contributed by atoms with Gasteiger partial charge in [-0.15, -0.1) is 0 Å². The normalized spacial score (nSPS) is 21.1. The smallest absolute Gasteiger partial charge is 0.326 e. The number of urea groups is 1. The average molecular weight is 276 g/mol. The Morgan fingerprint density at radius 1 is 1.39 bits per heavy atom. The number of aliphatic hydroxyl groups is 1. The van der Waals surface area contributed by atoms with E-state index in [1.807, 2.05) is 11.8 Å². The van der Waals surface area contributed by atoms with E-state index < -0.39 is 18.0 Å². The molecule has 7 heteroatoms. The second-order valence-electron chi connectivity index (χ2n) is 4.25. The third kappa shape index (κ3) is 5.59. The fourth-order valence-corrected chi connectivity index (χ4v) is 3.01. The summed E-state index contributed by atoms with van der Waals surface area (Å²) in [5, 5.41) is 22.9. The minimum Gasteiger partial charge on any atom is -0.480 e. The summed E-state index contributed by atoms with van der Waals surface area (Å²) >= 11 is 1.84. The fourth-order valence-electron chi connectivity index (χ4n) is 1.77. The van der Waals surface area contributed by atoms with Gasteiger partial charge < -0.3 is 20.8 Å². The lowest BCUT2D eigenvalue weighted by Gasteiger charge is -2.22. The maximum atomic E-state index is 11.5. The lowest BCUT2D eigenvalue weighted by atomic mass is 10.2. The summed E-state index contributed by atoms with van der Waals surface area (Å²) in [6, 6.07) is -1.52. The molecule has 4 N–H and O–H groups in total. The van der Waals surface area contributed by atoms with Crippen molar-refractivity contribution in [3.8, 4) is 0 Å². The van der Waals surface area contributed by atoms with Crippen LogP contribution < -0.4 is 10.6 Å². The van der Waals surface area contributed by atoms with Crippen molar-refractivity contribution in [3.05, 3.63) is 0 Å². The van der Waals surface area contributed by atoms with E-state index in [4.69, 9.17) is 10.2 Å². The Morgan fingerprint density at radius 2 is 2.17 bits per heavy atom. The van der Waals surface area contributed by atoms with Crippen molar-refractivity contribution in [2.45, 2.75) is 37.0 Å². The van der Waals surface area contributed by atoms with Gasteiger partial charge in [0.05, 0.1) is 0 Å². The maximum Gasteiger partial charge on any atom is 0.326 e. The number of hydrogen-bond acceptors (Lipinski definition) is 4. The van der Waals surface area contributed by atoms with Crippen molar-refractivity contribution in [2.75, 3.05) is 18.9 Å². The molecule has 2 atom stereocenters. The number of amides is 2. The highest BCUT2D eigenvalue weighted by atomic mass is 32.2. The second kappa shape index (κ2) is 8.20. The van der Waals surface area contributed by atoms with E-state index in [1.54, 1.807) is 0 Å². The Morgan fingerprint density at radius 3 is 2.72 bits per heavy atom. The minimum atomic E-state index is -1.13. The first kappa shape index (κ1) is 15.1. The molecule has 0 aliphatic carbocycles. The first-order valence-electron chi connectivity index (χ1n) is 6.13. The molecule has 1 heterocycles. The third-order valence-electron chi connectivity index (χ3n) is 2.79. The number of hydrogen-bond donors (Lipinski definition) is 4. The van der Waals surface area contributed by atoms with Crippen LogP contribution in [0.1, 0.15) is 25.7 Å². The van der Waals surface area contributed by atoms with E-state index in [0.29, 0.717) is 11.8 Å². The van der Waals surface area contributed by atoms with Crippen molar-refractivity contribution >= 4 is 23.8 Å². The summed E-state index contributed by atoms with van der Waals surface area (Å²) < 4.78 is 0. The molecule has 0 saturated carbocycles. The molecule has 0 radical (unpaired) electrons. The van der Waals surface area contributed by atoms with E-state index in [-0.39, 0.29) is 13.0 Å². The second-order valence-corrected chi connectivity index (χ2v) is 5.65. The molecule has 1 rings (SSSR count). The van der Waals surface area contributed by atoms with Crippen LogP contribution in [0.4, 0.5) is 4.79 Å². The van der Waals surface area contributed by atoms with Crippen LogP contribution in [0.3, 0.4) is 0 Å². The van der Waals surface area contributed by atoms with Gasteiger partial charge in [0.25, 0.3) is 0 Å². The Balaban J connectivity index is 2.24. The number of nitrogens with one attached hydrogen (secondary N) is 2. The zero-order chi connectivity index (χ0) is 13.4. The van der Waals surface area contributed by atoms with Crippen LogP contribution in [0.25, 0.3) is 0 Å². The zero-order valence-corrected chi connectivity index (χ0v) is 11.0. The Kier molecular flexibility index (Phi) is 6.89. The maximum absolute atomic E-state index is 11.5. The molecule has 0 aromatic rings. The van der Waals surface area contributed by atoms with E-state index in [1.165, 1.54) is 12.8 Å². The lowest BCUT2D eigenvalue weighted by molar-refractivity contribution is -0.139. The predicted octanol–water partition coefficient (Wildman–Crippen LogP) is 0.407. The van der Waals surface area contributed by atoms with E-state index >= 15 is 0 Å². The number of carbonyl (C=O) groups excluding carboxylic acids is 1. The summed E-state index contributed by atoms with van der Waals surface area (Å²) in [6.07, 6.45) is 3.51. The van der Waals surface area contributed by atoms with Crippen molar-refractivity contribution in [3.63, 3.8) is 0 Å². The van der Waals surface area contributed by atoms with E-state index in [0.717, 1.165) is 12.2 Å². The van der Waals surface area contributed by atoms with Crippen LogP contribution in [-0.2, 0) is 4.79 Å². The highest BCUT2D eigenvalue weighted by Gasteiger charge is 2.20. The van der Waals surface area contributed by atoms with E-state index in [2.05, 4.69) is 10.6 Å². The fraction of sp³-hybridized carbons (Fsp3) is 0.818. The first-order valence-corrected chi connectivity index (χ1v) is 7.18. The highest BCUT2D eigenvalue weighted by Crippen LogP contribution is 2.24. The van der Waals surface area contributed by atoms with Crippen molar-refractivity contribution in [1.82, 2.24) is 10.6 Å². The molecular weight excluding hydrogens is 256 g/mol.